The Kier molecular flexibility index (Phi) is 4.46. The summed E-state index contributed by atoms with van der Waals surface area (Å²) in [5.41, 5.74) is 3.60. The molecule has 130 valence electrons. The topological polar surface area (TPSA) is 29.5 Å². The summed E-state index contributed by atoms with van der Waals surface area (Å²) >= 11 is 0. The quantitative estimate of drug-likeness (QED) is 0.731. The molecule has 1 amide bonds. The zero-order chi connectivity index (χ0) is 17.5. The van der Waals surface area contributed by atoms with Gasteiger partial charge < -0.3 is 4.74 Å². The van der Waals surface area contributed by atoms with Crippen molar-refractivity contribution in [1.29, 1.82) is 0 Å². The average molecular weight is 327 g/mol. The van der Waals surface area contributed by atoms with Gasteiger partial charge in [0.25, 0.3) is 0 Å². The van der Waals surface area contributed by atoms with Crippen LogP contribution in [0.1, 0.15) is 70.9 Å². The van der Waals surface area contributed by atoms with Crippen LogP contribution in [0, 0.1) is 0 Å². The van der Waals surface area contributed by atoms with Crippen LogP contribution in [0.25, 0.3) is 5.57 Å². The van der Waals surface area contributed by atoms with Gasteiger partial charge in [0, 0.05) is 6.04 Å². The maximum Gasteiger partial charge on any atom is 0.411 e. The molecule has 2 unspecified atom stereocenters. The molecule has 2 atom stereocenters. The molecule has 3 rings (SSSR count). The van der Waals surface area contributed by atoms with Gasteiger partial charge in [0.1, 0.15) is 5.60 Å². The van der Waals surface area contributed by atoms with Gasteiger partial charge in [0.05, 0.1) is 6.04 Å². The number of ether oxygens (including phenoxy) is 1. The van der Waals surface area contributed by atoms with Gasteiger partial charge in [0.2, 0.25) is 0 Å². The normalized spacial score (nSPS) is 23.4. The molecule has 24 heavy (non-hydrogen) atoms. The van der Waals surface area contributed by atoms with E-state index in [9.17, 15) is 4.79 Å². The summed E-state index contributed by atoms with van der Waals surface area (Å²) in [7, 11) is 0. The third-order valence-corrected chi connectivity index (χ3v) is 4.95. The molecule has 2 heterocycles. The number of fused-ring (bicyclic) bond motifs is 2. The summed E-state index contributed by atoms with van der Waals surface area (Å²) in [5, 5.41) is 0. The summed E-state index contributed by atoms with van der Waals surface area (Å²) in [4.78, 5) is 14.5. The summed E-state index contributed by atoms with van der Waals surface area (Å²) in [6.45, 7) is 10.2. The highest BCUT2D eigenvalue weighted by molar-refractivity contribution is 5.75. The zero-order valence-corrected chi connectivity index (χ0v) is 15.5. The number of carbonyl (C=O) groups is 1. The van der Waals surface area contributed by atoms with E-state index >= 15 is 0 Å². The highest BCUT2D eigenvalue weighted by atomic mass is 16.6. The number of benzene rings is 1. The first-order chi connectivity index (χ1) is 11.2. The largest absolute Gasteiger partial charge is 0.444 e. The van der Waals surface area contributed by atoms with Crippen molar-refractivity contribution in [1.82, 2.24) is 4.90 Å². The molecule has 1 fully saturated rings. The number of hydrogen-bond acceptors (Lipinski definition) is 2. The molecule has 1 aromatic carbocycles. The van der Waals surface area contributed by atoms with Crippen molar-refractivity contribution in [2.24, 2.45) is 0 Å². The minimum absolute atomic E-state index is 0.166. The van der Waals surface area contributed by atoms with Gasteiger partial charge in [-0.1, -0.05) is 44.2 Å². The van der Waals surface area contributed by atoms with Crippen molar-refractivity contribution in [3.63, 3.8) is 0 Å². The van der Waals surface area contributed by atoms with Crippen molar-refractivity contribution in [2.75, 3.05) is 0 Å². The smallest absolute Gasteiger partial charge is 0.411 e. The van der Waals surface area contributed by atoms with Crippen LogP contribution in [0.3, 0.4) is 0 Å². The summed E-state index contributed by atoms with van der Waals surface area (Å²) < 4.78 is 5.60. The second-order valence-corrected chi connectivity index (χ2v) is 8.36. The fraction of sp³-hybridized carbons (Fsp3) is 0.571. The predicted molar refractivity (Wildman–Crippen MR) is 98.0 cm³/mol. The molecule has 3 heteroatoms. The lowest BCUT2D eigenvalue weighted by Gasteiger charge is -2.35. The Balaban J connectivity index is 1.78. The second-order valence-electron chi connectivity index (χ2n) is 8.36. The molecule has 2 aliphatic rings. The molecule has 1 aromatic rings. The van der Waals surface area contributed by atoms with Crippen LogP contribution in [0.2, 0.25) is 0 Å². The molecule has 2 aliphatic heterocycles. The summed E-state index contributed by atoms with van der Waals surface area (Å²) in [6.07, 6.45) is 5.14. The number of rotatable bonds is 2. The van der Waals surface area contributed by atoms with E-state index in [1.807, 2.05) is 25.7 Å². The van der Waals surface area contributed by atoms with Crippen LogP contribution < -0.4 is 0 Å². The first-order valence-electron chi connectivity index (χ1n) is 9.07. The van der Waals surface area contributed by atoms with E-state index in [0.717, 1.165) is 19.3 Å². The molecular weight excluding hydrogens is 298 g/mol. The van der Waals surface area contributed by atoms with Crippen molar-refractivity contribution in [3.05, 3.63) is 41.5 Å². The molecule has 2 bridgehead atoms. The molecule has 0 aromatic heterocycles. The molecule has 1 saturated heterocycles. The highest BCUT2D eigenvalue weighted by Crippen LogP contribution is 2.39. The Hall–Kier alpha value is -1.77. The molecule has 0 spiro atoms. The van der Waals surface area contributed by atoms with Crippen LogP contribution in [-0.4, -0.2) is 28.7 Å². The van der Waals surface area contributed by atoms with Crippen LogP contribution >= 0.6 is 0 Å². The third kappa shape index (κ3) is 3.50. The van der Waals surface area contributed by atoms with Crippen molar-refractivity contribution >= 4 is 11.7 Å². The predicted octanol–water partition coefficient (Wildman–Crippen LogP) is 5.37. The summed E-state index contributed by atoms with van der Waals surface area (Å²) in [5.74, 6) is 0.554. The van der Waals surface area contributed by atoms with Crippen molar-refractivity contribution in [3.8, 4) is 0 Å². The van der Waals surface area contributed by atoms with Crippen LogP contribution in [0.15, 0.2) is 30.3 Å². The number of amides is 1. The Morgan fingerprint density at radius 1 is 1.17 bits per heavy atom. The lowest BCUT2D eigenvalue weighted by Crippen LogP contribution is -2.45. The Morgan fingerprint density at radius 2 is 1.83 bits per heavy atom. The van der Waals surface area contributed by atoms with Gasteiger partial charge in [-0.3, -0.25) is 4.90 Å². The molecule has 0 aliphatic carbocycles. The van der Waals surface area contributed by atoms with E-state index in [0.29, 0.717) is 5.92 Å². The maximum absolute atomic E-state index is 12.5. The van der Waals surface area contributed by atoms with Crippen molar-refractivity contribution in [2.45, 2.75) is 77.5 Å². The minimum Gasteiger partial charge on any atom is -0.444 e. The number of nitrogens with zero attached hydrogens (tertiary/aromatic N) is 1. The number of carbonyl (C=O) groups excluding carboxylic acids is 1. The van der Waals surface area contributed by atoms with Crippen LogP contribution in [0.4, 0.5) is 4.79 Å². The standard InChI is InChI=1S/C21H29NO2/c1-14(2)15-6-8-16(9-7-15)17-12-18-10-11-19(13-17)22(18)20(23)24-21(3,4)5/h6-9,12,14,18-19H,10-11,13H2,1-5H3. The fourth-order valence-electron chi connectivity index (χ4n) is 3.73. The van der Waals surface area contributed by atoms with E-state index in [1.54, 1.807) is 0 Å². The van der Waals surface area contributed by atoms with E-state index in [-0.39, 0.29) is 18.2 Å². The number of hydrogen-bond donors (Lipinski definition) is 0. The summed E-state index contributed by atoms with van der Waals surface area (Å²) in [6, 6.07) is 9.35. The van der Waals surface area contributed by atoms with Gasteiger partial charge in [0.15, 0.2) is 0 Å². The first kappa shape index (κ1) is 17.1. The Morgan fingerprint density at radius 3 is 2.38 bits per heavy atom. The SMILES string of the molecule is CC(C)c1ccc(C2=CC3CCC(C2)N3C(=O)OC(C)(C)C)cc1. The van der Waals surface area contributed by atoms with Crippen molar-refractivity contribution < 1.29 is 9.53 Å². The van der Waals surface area contributed by atoms with Gasteiger partial charge in [-0.2, -0.15) is 0 Å². The minimum atomic E-state index is -0.437. The van der Waals surface area contributed by atoms with Crippen LogP contribution in [0.5, 0.6) is 0 Å². The zero-order valence-electron chi connectivity index (χ0n) is 15.5. The lowest BCUT2D eigenvalue weighted by molar-refractivity contribution is 0.0175. The molecular formula is C21H29NO2. The van der Waals surface area contributed by atoms with E-state index in [1.165, 1.54) is 16.7 Å². The molecule has 0 N–H and O–H groups in total. The van der Waals surface area contributed by atoms with Gasteiger partial charge in [-0.25, -0.2) is 4.79 Å². The lowest BCUT2D eigenvalue weighted by atomic mass is 9.93. The Labute approximate surface area is 145 Å². The second kappa shape index (κ2) is 6.27. The molecule has 0 radical (unpaired) electrons. The maximum atomic E-state index is 12.5. The monoisotopic (exact) mass is 327 g/mol. The fourth-order valence-corrected chi connectivity index (χ4v) is 3.73. The van der Waals surface area contributed by atoms with Crippen LogP contribution in [-0.2, 0) is 4.74 Å². The first-order valence-corrected chi connectivity index (χ1v) is 9.07. The molecule has 0 saturated carbocycles. The van der Waals surface area contributed by atoms with Gasteiger partial charge in [-0.15, -0.1) is 0 Å². The molecule has 3 nitrogen and oxygen atoms in total. The van der Waals surface area contributed by atoms with E-state index in [2.05, 4.69) is 44.2 Å². The van der Waals surface area contributed by atoms with Gasteiger partial charge in [-0.05, 0) is 62.7 Å². The Bertz CT molecular complexity index is 637. The third-order valence-electron chi connectivity index (χ3n) is 4.95. The van der Waals surface area contributed by atoms with Gasteiger partial charge >= 0.3 is 6.09 Å². The highest BCUT2D eigenvalue weighted by Gasteiger charge is 2.41. The average Bonchev–Trinajstić information content (AvgIpc) is 2.76. The van der Waals surface area contributed by atoms with E-state index in [4.69, 9.17) is 4.74 Å². The van der Waals surface area contributed by atoms with E-state index < -0.39 is 5.60 Å².